The molecule has 0 saturated heterocycles. The van der Waals surface area contributed by atoms with E-state index in [0.717, 1.165) is 16.9 Å². The zero-order chi connectivity index (χ0) is 17.5. The second-order valence-corrected chi connectivity index (χ2v) is 5.98. The van der Waals surface area contributed by atoms with Gasteiger partial charge >= 0.3 is 0 Å². The number of halogens is 1. The molecule has 0 aromatic heterocycles. The summed E-state index contributed by atoms with van der Waals surface area (Å²) < 4.78 is 5.28. The molecule has 3 N–H and O–H groups in total. The Balaban J connectivity index is 0.00000312. The van der Waals surface area contributed by atoms with Gasteiger partial charge < -0.3 is 20.7 Å². The Morgan fingerprint density at radius 3 is 2.56 bits per heavy atom. The third-order valence-corrected chi connectivity index (χ3v) is 3.91. The molecule has 0 bridgehead atoms. The van der Waals surface area contributed by atoms with E-state index >= 15 is 0 Å². The average molecular weight is 364 g/mol. The number of anilines is 1. The zero-order valence-corrected chi connectivity index (χ0v) is 15.7. The van der Waals surface area contributed by atoms with Gasteiger partial charge in [-0.2, -0.15) is 0 Å². The minimum Gasteiger partial charge on any atom is -0.497 e. The maximum Gasteiger partial charge on any atom is 0.224 e. The number of nitrogens with one attached hydrogen (secondary N) is 1. The first-order valence-electron chi connectivity index (χ1n) is 7.91. The Bertz CT molecular complexity index is 692. The van der Waals surface area contributed by atoms with Crippen LogP contribution in [0.25, 0.3) is 0 Å². The quantitative estimate of drug-likeness (QED) is 0.742. The van der Waals surface area contributed by atoms with E-state index in [1.54, 1.807) is 7.11 Å². The molecule has 25 heavy (non-hydrogen) atoms. The Kier molecular flexibility index (Phi) is 8.25. The van der Waals surface area contributed by atoms with E-state index in [4.69, 9.17) is 10.5 Å². The van der Waals surface area contributed by atoms with Crippen molar-refractivity contribution in [2.75, 3.05) is 33.5 Å². The molecular weight excluding hydrogens is 338 g/mol. The molecule has 2 aromatic rings. The van der Waals surface area contributed by atoms with E-state index in [-0.39, 0.29) is 24.4 Å². The molecule has 0 heterocycles. The van der Waals surface area contributed by atoms with Gasteiger partial charge in [-0.3, -0.25) is 4.79 Å². The Labute approximate surface area is 155 Å². The van der Waals surface area contributed by atoms with E-state index in [9.17, 15) is 4.79 Å². The lowest BCUT2D eigenvalue weighted by Crippen LogP contribution is -2.35. The molecule has 0 aliphatic rings. The topological polar surface area (TPSA) is 67.6 Å². The molecule has 6 heteroatoms. The minimum absolute atomic E-state index is 0. The van der Waals surface area contributed by atoms with Crippen LogP contribution in [0.3, 0.4) is 0 Å². The predicted octanol–water partition coefficient (Wildman–Crippen LogP) is 2.66. The van der Waals surface area contributed by atoms with Crippen molar-refractivity contribution in [2.45, 2.75) is 12.5 Å². The number of methoxy groups -OCH3 is 1. The number of benzene rings is 2. The molecule has 0 saturated carbocycles. The second-order valence-electron chi connectivity index (χ2n) is 5.98. The van der Waals surface area contributed by atoms with Gasteiger partial charge in [-0.15, -0.1) is 12.4 Å². The molecule has 136 valence electrons. The number of carbonyl (C=O) groups is 1. The van der Waals surface area contributed by atoms with Crippen LogP contribution in [0.15, 0.2) is 48.5 Å². The van der Waals surface area contributed by atoms with Gasteiger partial charge in [-0.25, -0.2) is 0 Å². The predicted molar refractivity (Wildman–Crippen MR) is 104 cm³/mol. The molecule has 2 aromatic carbocycles. The van der Waals surface area contributed by atoms with E-state index in [0.29, 0.717) is 18.7 Å². The molecule has 0 fully saturated rings. The zero-order valence-electron chi connectivity index (χ0n) is 14.9. The molecule has 0 aliphatic carbocycles. The van der Waals surface area contributed by atoms with E-state index < -0.39 is 0 Å². The van der Waals surface area contributed by atoms with Crippen molar-refractivity contribution in [3.05, 3.63) is 59.7 Å². The molecule has 1 amide bonds. The molecule has 2 rings (SSSR count). The highest BCUT2D eigenvalue weighted by Gasteiger charge is 2.16. The average Bonchev–Trinajstić information content (AvgIpc) is 2.55. The monoisotopic (exact) mass is 363 g/mol. The summed E-state index contributed by atoms with van der Waals surface area (Å²) in [5, 5.41) is 3.01. The lowest BCUT2D eigenvalue weighted by Gasteiger charge is -2.25. The summed E-state index contributed by atoms with van der Waals surface area (Å²) in [5.41, 5.74) is 8.43. The van der Waals surface area contributed by atoms with Crippen molar-refractivity contribution in [3.63, 3.8) is 0 Å². The number of nitrogen functional groups attached to an aromatic ring is 1. The number of rotatable bonds is 7. The van der Waals surface area contributed by atoms with Crippen molar-refractivity contribution in [3.8, 4) is 5.75 Å². The molecule has 0 radical (unpaired) electrons. The normalized spacial score (nSPS) is 11.5. The maximum atomic E-state index is 12.2. The number of amides is 1. The summed E-state index contributed by atoms with van der Waals surface area (Å²) in [6.07, 6.45) is 0.323. The second kappa shape index (κ2) is 9.91. The number of hydrogen-bond donors (Lipinski definition) is 2. The lowest BCUT2D eigenvalue weighted by molar-refractivity contribution is -0.120. The summed E-state index contributed by atoms with van der Waals surface area (Å²) >= 11 is 0. The maximum absolute atomic E-state index is 12.2. The van der Waals surface area contributed by atoms with Gasteiger partial charge in [0.05, 0.1) is 19.6 Å². The highest BCUT2D eigenvalue weighted by molar-refractivity contribution is 5.85. The van der Waals surface area contributed by atoms with Crippen LogP contribution >= 0.6 is 12.4 Å². The number of carbonyl (C=O) groups excluding carboxylic acids is 1. The standard InChI is InChI=1S/C19H25N3O2.ClH/c1-22(2)18(15-7-5-9-17(12-15)24-3)13-21-19(23)11-14-6-4-8-16(20)10-14;/h4-10,12,18H,11,13,20H2,1-3H3,(H,21,23);1H. The molecule has 1 atom stereocenters. The molecule has 5 nitrogen and oxygen atoms in total. The van der Waals surface area contributed by atoms with Crippen LogP contribution in [0.4, 0.5) is 5.69 Å². The smallest absolute Gasteiger partial charge is 0.224 e. The third-order valence-electron chi connectivity index (χ3n) is 3.91. The van der Waals surface area contributed by atoms with Crippen LogP contribution in [-0.2, 0) is 11.2 Å². The largest absolute Gasteiger partial charge is 0.497 e. The first-order chi connectivity index (χ1) is 11.5. The first kappa shape index (κ1) is 20.8. The Morgan fingerprint density at radius 1 is 1.20 bits per heavy atom. The fraction of sp³-hybridized carbons (Fsp3) is 0.316. The summed E-state index contributed by atoms with van der Waals surface area (Å²) in [6.45, 7) is 0.529. The van der Waals surface area contributed by atoms with Crippen LogP contribution in [0.1, 0.15) is 17.2 Å². The van der Waals surface area contributed by atoms with Gasteiger partial charge in [0, 0.05) is 12.2 Å². The van der Waals surface area contributed by atoms with Gasteiger partial charge in [-0.05, 0) is 49.5 Å². The number of nitrogens with two attached hydrogens (primary N) is 1. The van der Waals surface area contributed by atoms with Crippen molar-refractivity contribution < 1.29 is 9.53 Å². The number of nitrogens with zero attached hydrogens (tertiary/aromatic N) is 1. The summed E-state index contributed by atoms with van der Waals surface area (Å²) in [5.74, 6) is 0.792. The SMILES string of the molecule is COc1cccc(C(CNC(=O)Cc2cccc(N)c2)N(C)C)c1.Cl. The van der Waals surface area contributed by atoms with Gasteiger partial charge in [0.2, 0.25) is 5.91 Å². The van der Waals surface area contributed by atoms with Gasteiger partial charge in [0.25, 0.3) is 0 Å². The van der Waals surface area contributed by atoms with Crippen LogP contribution in [0, 0.1) is 0 Å². The van der Waals surface area contributed by atoms with Crippen molar-refractivity contribution in [1.29, 1.82) is 0 Å². The summed E-state index contributed by atoms with van der Waals surface area (Å²) in [7, 11) is 5.64. The van der Waals surface area contributed by atoms with Gasteiger partial charge in [0.1, 0.15) is 5.75 Å². The van der Waals surface area contributed by atoms with E-state index in [1.807, 2.05) is 62.6 Å². The highest BCUT2D eigenvalue weighted by atomic mass is 35.5. The van der Waals surface area contributed by atoms with Crippen molar-refractivity contribution in [1.82, 2.24) is 10.2 Å². The van der Waals surface area contributed by atoms with Crippen LogP contribution in [-0.4, -0.2) is 38.6 Å². The number of hydrogen-bond acceptors (Lipinski definition) is 4. The minimum atomic E-state index is -0.0182. The van der Waals surface area contributed by atoms with Crippen LogP contribution in [0.2, 0.25) is 0 Å². The lowest BCUT2D eigenvalue weighted by atomic mass is 10.1. The van der Waals surface area contributed by atoms with Gasteiger partial charge in [0.15, 0.2) is 0 Å². The molecule has 0 spiro atoms. The summed E-state index contributed by atoms with van der Waals surface area (Å²) in [4.78, 5) is 14.3. The highest BCUT2D eigenvalue weighted by Crippen LogP contribution is 2.22. The van der Waals surface area contributed by atoms with Crippen molar-refractivity contribution in [2.24, 2.45) is 0 Å². The van der Waals surface area contributed by atoms with E-state index in [2.05, 4.69) is 10.2 Å². The third kappa shape index (κ3) is 6.29. The fourth-order valence-electron chi connectivity index (χ4n) is 2.61. The fourth-order valence-corrected chi connectivity index (χ4v) is 2.61. The summed E-state index contributed by atoms with van der Waals surface area (Å²) in [6, 6.07) is 15.4. The Morgan fingerprint density at radius 2 is 1.92 bits per heavy atom. The Hall–Kier alpha value is -2.24. The number of likely N-dealkylation sites (N-methyl/N-ethyl adjacent to an activating group) is 1. The number of ether oxygens (including phenoxy) is 1. The van der Waals surface area contributed by atoms with Gasteiger partial charge in [-0.1, -0.05) is 24.3 Å². The van der Waals surface area contributed by atoms with Crippen LogP contribution < -0.4 is 15.8 Å². The van der Waals surface area contributed by atoms with Crippen molar-refractivity contribution >= 4 is 24.0 Å². The first-order valence-corrected chi connectivity index (χ1v) is 7.91. The van der Waals surface area contributed by atoms with E-state index in [1.165, 1.54) is 0 Å². The molecule has 1 unspecified atom stereocenters. The molecule has 0 aliphatic heterocycles. The molecular formula is C19H26ClN3O2. The van der Waals surface area contributed by atoms with Crippen LogP contribution in [0.5, 0.6) is 5.75 Å².